The van der Waals surface area contributed by atoms with E-state index in [1.165, 1.54) is 7.11 Å². The molecule has 1 aliphatic rings. The van der Waals surface area contributed by atoms with Gasteiger partial charge in [-0.2, -0.15) is 0 Å². The summed E-state index contributed by atoms with van der Waals surface area (Å²) >= 11 is 0. The summed E-state index contributed by atoms with van der Waals surface area (Å²) in [6.07, 6.45) is 1.66. The number of ketones is 1. The highest BCUT2D eigenvalue weighted by molar-refractivity contribution is 6.16. The van der Waals surface area contributed by atoms with Gasteiger partial charge in [-0.05, 0) is 30.7 Å². The largest absolute Gasteiger partial charge is 0.496 e. The number of hydrogen-bond acceptors (Lipinski definition) is 6. The lowest BCUT2D eigenvalue weighted by Crippen LogP contribution is -2.02. The molecule has 0 radical (unpaired) electrons. The fraction of sp³-hybridized carbons (Fsp3) is 0.250. The first-order valence-electron chi connectivity index (χ1n) is 7.95. The topological polar surface area (TPSA) is 63.2 Å². The van der Waals surface area contributed by atoms with E-state index in [1.54, 1.807) is 45.6 Å². The summed E-state index contributed by atoms with van der Waals surface area (Å²) < 4.78 is 27.1. The van der Waals surface area contributed by atoms with Gasteiger partial charge in [0, 0.05) is 11.6 Å². The summed E-state index contributed by atoms with van der Waals surface area (Å²) in [4.78, 5) is 12.8. The highest BCUT2D eigenvalue weighted by Gasteiger charge is 2.33. The normalized spacial score (nSPS) is 14.0. The van der Waals surface area contributed by atoms with Crippen LogP contribution in [0.3, 0.4) is 0 Å². The molecule has 1 heterocycles. The zero-order valence-corrected chi connectivity index (χ0v) is 15.3. The van der Waals surface area contributed by atoms with Crippen LogP contribution in [0.5, 0.6) is 28.7 Å². The molecule has 1 aliphatic heterocycles. The number of ether oxygens (including phenoxy) is 5. The van der Waals surface area contributed by atoms with Gasteiger partial charge in [-0.3, -0.25) is 4.79 Å². The highest BCUT2D eigenvalue weighted by atomic mass is 16.5. The van der Waals surface area contributed by atoms with Gasteiger partial charge in [0.25, 0.3) is 0 Å². The van der Waals surface area contributed by atoms with Gasteiger partial charge in [-0.15, -0.1) is 0 Å². The van der Waals surface area contributed by atoms with Crippen molar-refractivity contribution in [3.05, 3.63) is 46.7 Å². The van der Waals surface area contributed by atoms with E-state index in [1.807, 2.05) is 13.0 Å². The van der Waals surface area contributed by atoms with Gasteiger partial charge in [0.15, 0.2) is 17.3 Å². The van der Waals surface area contributed by atoms with Crippen LogP contribution in [0.2, 0.25) is 0 Å². The average molecular weight is 356 g/mol. The van der Waals surface area contributed by atoms with E-state index in [2.05, 4.69) is 0 Å². The molecule has 0 bridgehead atoms. The molecule has 6 nitrogen and oxygen atoms in total. The van der Waals surface area contributed by atoms with Gasteiger partial charge >= 0.3 is 0 Å². The summed E-state index contributed by atoms with van der Waals surface area (Å²) in [7, 11) is 6.21. The minimum atomic E-state index is -0.239. The molecular formula is C20H20O6. The van der Waals surface area contributed by atoms with E-state index >= 15 is 0 Å². The van der Waals surface area contributed by atoms with Crippen LogP contribution in [0.15, 0.2) is 30.0 Å². The predicted molar refractivity (Wildman–Crippen MR) is 96.8 cm³/mol. The van der Waals surface area contributed by atoms with Crippen LogP contribution in [0, 0.1) is 6.92 Å². The Morgan fingerprint density at radius 3 is 2.19 bits per heavy atom. The van der Waals surface area contributed by atoms with Crippen molar-refractivity contribution in [2.75, 3.05) is 28.4 Å². The number of carbonyl (C=O) groups is 1. The molecule has 2 aromatic carbocycles. The number of Topliss-reactive ketones (excluding diaryl/α,β-unsaturated/α-hetero) is 1. The minimum absolute atomic E-state index is 0.207. The van der Waals surface area contributed by atoms with Gasteiger partial charge in [-0.25, -0.2) is 0 Å². The van der Waals surface area contributed by atoms with Crippen molar-refractivity contribution < 1.29 is 28.5 Å². The van der Waals surface area contributed by atoms with Crippen molar-refractivity contribution in [2.24, 2.45) is 0 Å². The summed E-state index contributed by atoms with van der Waals surface area (Å²) in [6.45, 7) is 1.83. The van der Waals surface area contributed by atoms with Crippen molar-refractivity contribution in [3.63, 3.8) is 0 Å². The molecule has 2 aromatic rings. The maximum absolute atomic E-state index is 12.8. The SMILES string of the molecule is COc1ccc(/C=C2\Oc3cc(OC)c(C)c(OC)c3C2=O)cc1OC. The van der Waals surface area contributed by atoms with Crippen LogP contribution in [-0.4, -0.2) is 34.2 Å². The summed E-state index contributed by atoms with van der Waals surface area (Å²) in [5.74, 6) is 2.62. The fourth-order valence-electron chi connectivity index (χ4n) is 2.95. The lowest BCUT2D eigenvalue weighted by molar-refractivity contribution is 0.101. The van der Waals surface area contributed by atoms with Crippen molar-refractivity contribution in [2.45, 2.75) is 6.92 Å². The Morgan fingerprint density at radius 2 is 1.58 bits per heavy atom. The van der Waals surface area contributed by atoms with E-state index in [4.69, 9.17) is 23.7 Å². The Kier molecular flexibility index (Phi) is 4.75. The zero-order valence-electron chi connectivity index (χ0n) is 15.3. The van der Waals surface area contributed by atoms with Crippen LogP contribution in [0.4, 0.5) is 0 Å². The van der Waals surface area contributed by atoms with Crippen LogP contribution >= 0.6 is 0 Å². The van der Waals surface area contributed by atoms with Gasteiger partial charge in [0.1, 0.15) is 22.8 Å². The molecule has 0 fully saturated rings. The minimum Gasteiger partial charge on any atom is -0.496 e. The van der Waals surface area contributed by atoms with E-state index in [0.29, 0.717) is 34.3 Å². The monoisotopic (exact) mass is 356 g/mol. The Balaban J connectivity index is 2.04. The molecular weight excluding hydrogens is 336 g/mol. The Bertz CT molecular complexity index is 898. The zero-order chi connectivity index (χ0) is 18.8. The van der Waals surface area contributed by atoms with E-state index in [9.17, 15) is 4.79 Å². The van der Waals surface area contributed by atoms with Crippen LogP contribution < -0.4 is 23.7 Å². The highest BCUT2D eigenvalue weighted by Crippen LogP contribution is 2.44. The maximum atomic E-state index is 12.8. The molecule has 0 saturated carbocycles. The van der Waals surface area contributed by atoms with Gasteiger partial charge < -0.3 is 23.7 Å². The Morgan fingerprint density at radius 1 is 0.885 bits per heavy atom. The molecule has 6 heteroatoms. The lowest BCUT2D eigenvalue weighted by atomic mass is 10.0. The van der Waals surface area contributed by atoms with Gasteiger partial charge in [0.05, 0.1) is 28.4 Å². The molecule has 0 spiro atoms. The number of carbonyl (C=O) groups excluding carboxylic acids is 1. The summed E-state index contributed by atoms with van der Waals surface area (Å²) in [5.41, 5.74) is 1.90. The number of fused-ring (bicyclic) bond motifs is 1. The van der Waals surface area contributed by atoms with E-state index in [-0.39, 0.29) is 11.5 Å². The van der Waals surface area contributed by atoms with Gasteiger partial charge in [0.2, 0.25) is 5.78 Å². The number of benzene rings is 2. The molecule has 3 rings (SSSR count). The molecule has 0 aromatic heterocycles. The van der Waals surface area contributed by atoms with Crippen LogP contribution in [0.25, 0.3) is 6.08 Å². The van der Waals surface area contributed by atoms with E-state index in [0.717, 1.165) is 11.1 Å². The first-order valence-corrected chi connectivity index (χ1v) is 7.95. The van der Waals surface area contributed by atoms with Crippen LogP contribution in [-0.2, 0) is 0 Å². The van der Waals surface area contributed by atoms with E-state index < -0.39 is 0 Å². The Labute approximate surface area is 151 Å². The number of allylic oxidation sites excluding steroid dienone is 1. The molecule has 0 aliphatic carbocycles. The fourth-order valence-corrected chi connectivity index (χ4v) is 2.95. The first kappa shape index (κ1) is 17.7. The molecule has 0 unspecified atom stereocenters. The molecule has 0 saturated heterocycles. The quantitative estimate of drug-likeness (QED) is 0.762. The first-order chi connectivity index (χ1) is 12.5. The second kappa shape index (κ2) is 7.00. The summed E-state index contributed by atoms with van der Waals surface area (Å²) in [6, 6.07) is 7.05. The number of rotatable bonds is 5. The third-order valence-corrected chi connectivity index (χ3v) is 4.25. The standard InChI is InChI=1S/C20H20O6/c1-11-14(23-3)10-16-18(20(11)25-5)19(21)17(26-16)9-12-6-7-13(22-2)15(8-12)24-4/h6-10H,1-5H3/b17-9-. The third-order valence-electron chi connectivity index (χ3n) is 4.25. The molecule has 0 N–H and O–H groups in total. The smallest absolute Gasteiger partial charge is 0.235 e. The van der Waals surface area contributed by atoms with Crippen molar-refractivity contribution in [1.29, 1.82) is 0 Å². The van der Waals surface area contributed by atoms with Gasteiger partial charge in [-0.1, -0.05) is 6.07 Å². The van der Waals surface area contributed by atoms with Crippen LogP contribution in [0.1, 0.15) is 21.5 Å². The van der Waals surface area contributed by atoms with Crippen molar-refractivity contribution >= 4 is 11.9 Å². The molecule has 26 heavy (non-hydrogen) atoms. The second-order valence-electron chi connectivity index (χ2n) is 5.66. The average Bonchev–Trinajstić information content (AvgIpc) is 2.96. The summed E-state index contributed by atoms with van der Waals surface area (Å²) in [5, 5.41) is 0. The van der Waals surface area contributed by atoms with Crippen molar-refractivity contribution in [1.82, 2.24) is 0 Å². The predicted octanol–water partition coefficient (Wildman–Crippen LogP) is 3.65. The maximum Gasteiger partial charge on any atom is 0.235 e. The molecule has 136 valence electrons. The molecule has 0 amide bonds. The third kappa shape index (κ3) is 2.83. The number of methoxy groups -OCH3 is 4. The molecule has 0 atom stereocenters. The Hall–Kier alpha value is -3.15. The second-order valence-corrected chi connectivity index (χ2v) is 5.66. The van der Waals surface area contributed by atoms with Crippen molar-refractivity contribution in [3.8, 4) is 28.7 Å². The lowest BCUT2D eigenvalue weighted by Gasteiger charge is -2.12. The number of hydrogen-bond donors (Lipinski definition) is 0.